The number of benzene rings is 2. The molecular weight excluding hydrogens is 520 g/mol. The second-order valence-electron chi connectivity index (χ2n) is 11.3. The molecule has 3 unspecified atom stereocenters. The number of ketones is 1. The number of rotatable bonds is 8. The Morgan fingerprint density at radius 3 is 2.41 bits per heavy atom. The zero-order valence-corrected chi connectivity index (χ0v) is 24.3. The summed E-state index contributed by atoms with van der Waals surface area (Å²) in [7, 11) is 3.23. The summed E-state index contributed by atoms with van der Waals surface area (Å²) in [4.78, 5) is 23.2. The predicted octanol–water partition coefficient (Wildman–Crippen LogP) is 6.06. The Kier molecular flexibility index (Phi) is 9.32. The molecule has 7 heteroatoms. The van der Waals surface area contributed by atoms with Crippen molar-refractivity contribution in [3.05, 3.63) is 82.3 Å². The Morgan fingerprint density at radius 1 is 0.829 bits per heavy atom. The molecule has 0 radical (unpaired) electrons. The van der Waals surface area contributed by atoms with Gasteiger partial charge in [0, 0.05) is 18.9 Å². The number of aryl methyl sites for hydroxylation is 4. The molecular formula is C34H40O7. The van der Waals surface area contributed by atoms with Crippen molar-refractivity contribution in [3.8, 4) is 11.5 Å². The highest BCUT2D eigenvalue weighted by Gasteiger charge is 2.30. The maximum atomic E-state index is 11.7. The second-order valence-corrected chi connectivity index (χ2v) is 11.3. The second kappa shape index (κ2) is 13.3. The summed E-state index contributed by atoms with van der Waals surface area (Å²) >= 11 is 0. The average Bonchev–Trinajstić information content (AvgIpc) is 3.65. The van der Waals surface area contributed by atoms with Crippen LogP contribution in [0.3, 0.4) is 0 Å². The molecule has 0 saturated carbocycles. The Hall–Kier alpha value is -3.74. The van der Waals surface area contributed by atoms with Gasteiger partial charge < -0.3 is 23.7 Å². The number of ether oxygens (including phenoxy) is 5. The number of carbonyl (C=O) groups is 2. The Bertz CT molecular complexity index is 1320. The third-order valence-electron chi connectivity index (χ3n) is 8.49. The summed E-state index contributed by atoms with van der Waals surface area (Å²) in [6.45, 7) is 2.28. The van der Waals surface area contributed by atoms with Gasteiger partial charge >= 0.3 is 5.97 Å². The van der Waals surface area contributed by atoms with Gasteiger partial charge in [-0.3, -0.25) is 4.79 Å². The van der Waals surface area contributed by atoms with Gasteiger partial charge in [0.2, 0.25) is 6.79 Å². The van der Waals surface area contributed by atoms with E-state index in [2.05, 4.69) is 18.2 Å². The van der Waals surface area contributed by atoms with Crippen LogP contribution in [0.15, 0.2) is 60.1 Å². The van der Waals surface area contributed by atoms with Crippen LogP contribution in [0.25, 0.3) is 0 Å². The molecule has 0 fully saturated rings. The van der Waals surface area contributed by atoms with E-state index in [1.165, 1.54) is 36.5 Å². The molecule has 2 aromatic carbocycles. The minimum atomic E-state index is -0.333. The van der Waals surface area contributed by atoms with Crippen molar-refractivity contribution in [2.24, 2.45) is 11.8 Å². The zero-order valence-electron chi connectivity index (χ0n) is 24.3. The summed E-state index contributed by atoms with van der Waals surface area (Å²) in [6, 6.07) is 12.8. The predicted molar refractivity (Wildman–Crippen MR) is 155 cm³/mol. The van der Waals surface area contributed by atoms with Crippen molar-refractivity contribution in [2.75, 3.05) is 21.0 Å². The molecule has 2 heterocycles. The van der Waals surface area contributed by atoms with Crippen LogP contribution >= 0.6 is 0 Å². The molecule has 2 aliphatic carbocycles. The van der Waals surface area contributed by atoms with Crippen molar-refractivity contribution in [3.63, 3.8) is 0 Å². The van der Waals surface area contributed by atoms with Gasteiger partial charge in [0.05, 0.1) is 32.0 Å². The maximum Gasteiger partial charge on any atom is 0.334 e. The van der Waals surface area contributed by atoms with Crippen LogP contribution in [0, 0.1) is 11.8 Å². The lowest BCUT2D eigenvalue weighted by molar-refractivity contribution is -0.148. The summed E-state index contributed by atoms with van der Waals surface area (Å²) in [5, 5.41) is 0. The third-order valence-corrected chi connectivity index (χ3v) is 8.49. The van der Waals surface area contributed by atoms with Crippen molar-refractivity contribution in [1.82, 2.24) is 0 Å². The fourth-order valence-electron chi connectivity index (χ4n) is 6.11. The first kappa shape index (κ1) is 28.8. The summed E-state index contributed by atoms with van der Waals surface area (Å²) in [6.07, 6.45) is 12.0. The molecule has 0 N–H and O–H groups in total. The topological polar surface area (TPSA) is 80.3 Å². The first-order valence-corrected chi connectivity index (χ1v) is 14.6. The van der Waals surface area contributed by atoms with Crippen LogP contribution in [-0.2, 0) is 49.5 Å². The van der Waals surface area contributed by atoms with Crippen molar-refractivity contribution >= 4 is 11.8 Å². The van der Waals surface area contributed by atoms with E-state index >= 15 is 0 Å². The largest absolute Gasteiger partial charge is 0.501 e. The Morgan fingerprint density at radius 2 is 1.59 bits per heavy atom. The van der Waals surface area contributed by atoms with Gasteiger partial charge in [0.15, 0.2) is 17.3 Å². The molecule has 2 aliphatic heterocycles. The molecule has 0 amide bonds. The van der Waals surface area contributed by atoms with E-state index in [1.54, 1.807) is 25.9 Å². The highest BCUT2D eigenvalue weighted by molar-refractivity contribution is 5.91. The van der Waals surface area contributed by atoms with E-state index in [0.717, 1.165) is 54.9 Å². The first-order valence-electron chi connectivity index (χ1n) is 14.6. The van der Waals surface area contributed by atoms with Crippen molar-refractivity contribution < 1.29 is 33.3 Å². The molecule has 218 valence electrons. The monoisotopic (exact) mass is 560 g/mol. The molecule has 0 spiro atoms. The molecule has 4 aliphatic rings. The van der Waals surface area contributed by atoms with E-state index in [4.69, 9.17) is 23.7 Å². The number of hydrogen-bond acceptors (Lipinski definition) is 7. The van der Waals surface area contributed by atoms with Crippen LogP contribution in [0.1, 0.15) is 61.3 Å². The number of esters is 1. The standard InChI is InChI=1S/C18H22O2.C16H18O5/c1-20-18-11-14(10-17(19)12-18)6-5-13-7-8-15-3-2-4-16(15)9-13;1-10-12(21-16(17)8-14(10)18-2)5-3-11-4-6-13-15(7-11)20-9-19-13/h7-9,12,14H,2-6,10-11H2,1H3;4,6-8,10,12H,3,5,9H2,1-2H3. The van der Waals surface area contributed by atoms with Gasteiger partial charge in [0.25, 0.3) is 0 Å². The van der Waals surface area contributed by atoms with Crippen molar-refractivity contribution in [1.29, 1.82) is 0 Å². The van der Waals surface area contributed by atoms with E-state index in [1.807, 2.05) is 25.1 Å². The fraction of sp³-hybridized carbons (Fsp3) is 0.471. The Balaban J connectivity index is 0.000000165. The molecule has 2 aromatic rings. The van der Waals surface area contributed by atoms with Crippen LogP contribution in [0.4, 0.5) is 0 Å². The van der Waals surface area contributed by atoms with Gasteiger partial charge in [-0.15, -0.1) is 0 Å². The number of hydrogen-bond donors (Lipinski definition) is 0. The number of cyclic esters (lactones) is 1. The molecule has 3 atom stereocenters. The van der Waals surface area contributed by atoms with E-state index in [9.17, 15) is 9.59 Å². The molecule has 0 aromatic heterocycles. The lowest BCUT2D eigenvalue weighted by Gasteiger charge is -2.28. The highest BCUT2D eigenvalue weighted by atomic mass is 16.7. The molecule has 41 heavy (non-hydrogen) atoms. The minimum Gasteiger partial charge on any atom is -0.501 e. The average molecular weight is 561 g/mol. The lowest BCUT2D eigenvalue weighted by atomic mass is 9.87. The molecule has 6 rings (SSSR count). The smallest absolute Gasteiger partial charge is 0.334 e. The van der Waals surface area contributed by atoms with E-state index < -0.39 is 0 Å². The normalized spacial score (nSPS) is 22.6. The number of fused-ring (bicyclic) bond motifs is 2. The summed E-state index contributed by atoms with van der Waals surface area (Å²) in [5.74, 6) is 3.48. The van der Waals surface area contributed by atoms with Gasteiger partial charge in [-0.1, -0.05) is 31.2 Å². The van der Waals surface area contributed by atoms with Crippen LogP contribution in [0.5, 0.6) is 11.5 Å². The number of carbonyl (C=O) groups excluding carboxylic acids is 2. The quantitative estimate of drug-likeness (QED) is 0.363. The molecule has 0 bridgehead atoms. The van der Waals surface area contributed by atoms with Gasteiger partial charge in [-0.25, -0.2) is 4.79 Å². The van der Waals surface area contributed by atoms with Gasteiger partial charge in [0.1, 0.15) is 11.9 Å². The van der Waals surface area contributed by atoms with Crippen LogP contribution in [0.2, 0.25) is 0 Å². The third kappa shape index (κ3) is 7.32. The van der Waals surface area contributed by atoms with Crippen LogP contribution < -0.4 is 9.47 Å². The number of methoxy groups -OCH3 is 2. The lowest BCUT2D eigenvalue weighted by Crippen LogP contribution is -2.31. The maximum absolute atomic E-state index is 11.7. The highest BCUT2D eigenvalue weighted by Crippen LogP contribution is 2.34. The van der Waals surface area contributed by atoms with E-state index in [0.29, 0.717) is 18.1 Å². The van der Waals surface area contributed by atoms with Gasteiger partial charge in [-0.2, -0.15) is 0 Å². The summed E-state index contributed by atoms with van der Waals surface area (Å²) in [5.41, 5.74) is 5.63. The molecule has 0 saturated heterocycles. The minimum absolute atomic E-state index is 0.0710. The fourth-order valence-corrected chi connectivity index (χ4v) is 6.11. The van der Waals surface area contributed by atoms with E-state index in [-0.39, 0.29) is 30.6 Å². The SMILES string of the molecule is COC1=CC(=O)CC(CCc2ccc3c(c2)CCC3)C1.COC1=CC(=O)OC(CCc2ccc3c(c2)OCO3)C1C. The summed E-state index contributed by atoms with van der Waals surface area (Å²) < 4.78 is 26.5. The van der Waals surface area contributed by atoms with Crippen molar-refractivity contribution in [2.45, 2.75) is 70.8 Å². The Labute approximate surface area is 242 Å². The zero-order chi connectivity index (χ0) is 28.8. The van der Waals surface area contributed by atoms with Gasteiger partial charge in [-0.05, 0) is 85.3 Å². The first-order chi connectivity index (χ1) is 19.9. The van der Waals surface area contributed by atoms with Crippen LogP contribution in [-0.4, -0.2) is 38.9 Å². The number of allylic oxidation sites excluding steroid dienone is 2. The molecule has 7 nitrogen and oxygen atoms in total.